The van der Waals surface area contributed by atoms with E-state index in [1.807, 2.05) is 23.1 Å². The first-order chi connectivity index (χ1) is 13.9. The third-order valence-corrected chi connectivity index (χ3v) is 7.08. The number of hydrogen-bond acceptors (Lipinski definition) is 6. The Balaban J connectivity index is 1.65. The fraction of sp³-hybridized carbons (Fsp3) is 0.381. The molecule has 2 aromatic carbocycles. The van der Waals surface area contributed by atoms with Crippen LogP contribution in [0.25, 0.3) is 0 Å². The normalized spacial score (nSPS) is 19.2. The van der Waals surface area contributed by atoms with Crippen LogP contribution in [0.2, 0.25) is 5.02 Å². The Morgan fingerprint density at radius 1 is 1.21 bits per heavy atom. The molecule has 0 aromatic heterocycles. The topological polar surface area (TPSA) is 83.9 Å². The molecule has 1 fully saturated rings. The Kier molecular flexibility index (Phi) is 7.29. The molecule has 2 atom stereocenters. The van der Waals surface area contributed by atoms with Gasteiger partial charge in [-0.25, -0.2) is 8.42 Å². The summed E-state index contributed by atoms with van der Waals surface area (Å²) in [6.45, 7) is 0.766. The molecular formula is C21H24ClNO5S. The lowest BCUT2D eigenvalue weighted by molar-refractivity contribution is 0.0525. The first-order valence-electron chi connectivity index (χ1n) is 9.40. The number of aliphatic hydroxyl groups is 1. The molecule has 8 heteroatoms. The van der Waals surface area contributed by atoms with Gasteiger partial charge in [-0.05, 0) is 42.3 Å². The highest BCUT2D eigenvalue weighted by Crippen LogP contribution is 2.23. The van der Waals surface area contributed by atoms with Crippen molar-refractivity contribution in [1.82, 2.24) is 4.90 Å². The van der Waals surface area contributed by atoms with E-state index in [2.05, 4.69) is 0 Å². The third kappa shape index (κ3) is 6.27. The number of nitrogens with zero attached hydrogens (tertiary/aromatic N) is 1. The van der Waals surface area contributed by atoms with Crippen molar-refractivity contribution in [2.24, 2.45) is 0 Å². The minimum atomic E-state index is -3.06. The van der Waals surface area contributed by atoms with Gasteiger partial charge in [0.1, 0.15) is 24.7 Å². The zero-order valence-corrected chi connectivity index (χ0v) is 17.5. The maximum absolute atomic E-state index is 11.9. The molecule has 0 radical (unpaired) electrons. The summed E-state index contributed by atoms with van der Waals surface area (Å²) in [5.74, 6) is 0.792. The molecule has 0 aliphatic carbocycles. The zero-order valence-electron chi connectivity index (χ0n) is 15.9. The predicted octanol–water partition coefficient (Wildman–Crippen LogP) is 2.58. The highest BCUT2D eigenvalue weighted by atomic mass is 35.5. The van der Waals surface area contributed by atoms with Crippen molar-refractivity contribution in [3.63, 3.8) is 0 Å². The SMILES string of the molecule is O=Cc1ccc(OCC(O)CN(Cc2ccccc2Cl)C2CCS(=O)(=O)C2)cc1. The number of aliphatic hydroxyl groups excluding tert-OH is 1. The summed E-state index contributed by atoms with van der Waals surface area (Å²) in [4.78, 5) is 12.7. The van der Waals surface area contributed by atoms with Crippen LogP contribution in [0, 0.1) is 0 Å². The van der Waals surface area contributed by atoms with Crippen LogP contribution in [0.15, 0.2) is 48.5 Å². The number of ether oxygens (including phenoxy) is 1. The van der Waals surface area contributed by atoms with Gasteiger partial charge >= 0.3 is 0 Å². The van der Waals surface area contributed by atoms with E-state index in [1.54, 1.807) is 30.3 Å². The summed E-state index contributed by atoms with van der Waals surface area (Å²) >= 11 is 6.28. The van der Waals surface area contributed by atoms with Crippen LogP contribution in [0.3, 0.4) is 0 Å². The lowest BCUT2D eigenvalue weighted by atomic mass is 10.1. The molecule has 1 saturated heterocycles. The van der Waals surface area contributed by atoms with Gasteiger partial charge in [0.05, 0.1) is 11.5 Å². The predicted molar refractivity (Wildman–Crippen MR) is 112 cm³/mol. The molecule has 2 unspecified atom stereocenters. The highest BCUT2D eigenvalue weighted by molar-refractivity contribution is 7.91. The van der Waals surface area contributed by atoms with Crippen LogP contribution in [0.4, 0.5) is 0 Å². The minimum Gasteiger partial charge on any atom is -0.491 e. The summed E-state index contributed by atoms with van der Waals surface area (Å²) in [6.07, 6.45) is 0.473. The van der Waals surface area contributed by atoms with Crippen LogP contribution in [-0.2, 0) is 16.4 Å². The largest absolute Gasteiger partial charge is 0.491 e. The van der Waals surface area contributed by atoms with Gasteiger partial charge in [-0.3, -0.25) is 9.69 Å². The molecule has 0 bridgehead atoms. The van der Waals surface area contributed by atoms with E-state index in [9.17, 15) is 18.3 Å². The second kappa shape index (κ2) is 9.71. The van der Waals surface area contributed by atoms with Crippen LogP contribution in [0.1, 0.15) is 22.3 Å². The lowest BCUT2D eigenvalue weighted by Gasteiger charge is -2.30. The van der Waals surface area contributed by atoms with Gasteiger partial charge in [-0.1, -0.05) is 29.8 Å². The average Bonchev–Trinajstić information content (AvgIpc) is 3.07. The first kappa shape index (κ1) is 21.8. The molecule has 29 heavy (non-hydrogen) atoms. The number of rotatable bonds is 9. The van der Waals surface area contributed by atoms with Crippen LogP contribution < -0.4 is 4.74 Å². The van der Waals surface area contributed by atoms with Crippen molar-refractivity contribution in [3.8, 4) is 5.75 Å². The van der Waals surface area contributed by atoms with Gasteiger partial charge in [0.25, 0.3) is 0 Å². The van der Waals surface area contributed by atoms with Crippen LogP contribution >= 0.6 is 11.6 Å². The molecule has 1 heterocycles. The Hall–Kier alpha value is -1.93. The second-order valence-corrected chi connectivity index (χ2v) is 9.87. The molecule has 0 saturated carbocycles. The molecule has 2 aromatic rings. The Labute approximate surface area is 176 Å². The molecule has 156 valence electrons. The molecule has 1 aliphatic heterocycles. The van der Waals surface area contributed by atoms with E-state index < -0.39 is 15.9 Å². The van der Waals surface area contributed by atoms with Gasteiger partial charge in [-0.2, -0.15) is 0 Å². The molecule has 1 aliphatic rings. The smallest absolute Gasteiger partial charge is 0.151 e. The van der Waals surface area contributed by atoms with E-state index in [1.165, 1.54) is 0 Å². The Morgan fingerprint density at radius 3 is 2.55 bits per heavy atom. The van der Waals surface area contributed by atoms with E-state index in [-0.39, 0.29) is 30.7 Å². The number of aldehydes is 1. The van der Waals surface area contributed by atoms with Gasteiger partial charge in [0.15, 0.2) is 9.84 Å². The molecule has 1 N–H and O–H groups in total. The fourth-order valence-corrected chi connectivity index (χ4v) is 5.37. The zero-order chi connectivity index (χ0) is 20.9. The van der Waals surface area contributed by atoms with E-state index >= 15 is 0 Å². The van der Waals surface area contributed by atoms with E-state index in [0.717, 1.165) is 11.8 Å². The monoisotopic (exact) mass is 437 g/mol. The summed E-state index contributed by atoms with van der Waals surface area (Å²) in [5, 5.41) is 11.1. The van der Waals surface area contributed by atoms with Gasteiger partial charge < -0.3 is 9.84 Å². The quantitative estimate of drug-likeness (QED) is 0.607. The number of carbonyl (C=O) groups excluding carboxylic acids is 1. The second-order valence-electron chi connectivity index (χ2n) is 7.23. The van der Waals surface area contributed by atoms with Crippen LogP contribution in [-0.4, -0.2) is 61.5 Å². The summed E-state index contributed by atoms with van der Waals surface area (Å²) in [5.41, 5.74) is 1.43. The van der Waals surface area contributed by atoms with Crippen molar-refractivity contribution in [1.29, 1.82) is 0 Å². The molecule has 6 nitrogen and oxygen atoms in total. The van der Waals surface area contributed by atoms with Gasteiger partial charge in [0.2, 0.25) is 0 Å². The average molecular weight is 438 g/mol. The summed E-state index contributed by atoms with van der Waals surface area (Å²) in [7, 11) is -3.06. The Morgan fingerprint density at radius 2 is 1.93 bits per heavy atom. The fourth-order valence-electron chi connectivity index (χ4n) is 3.41. The Bertz CT molecular complexity index is 932. The minimum absolute atomic E-state index is 0.0545. The molecule has 0 amide bonds. The van der Waals surface area contributed by atoms with Crippen molar-refractivity contribution >= 4 is 27.7 Å². The van der Waals surface area contributed by atoms with Crippen molar-refractivity contribution in [3.05, 3.63) is 64.7 Å². The number of sulfone groups is 1. The van der Waals surface area contributed by atoms with Gasteiger partial charge in [0, 0.05) is 29.7 Å². The van der Waals surface area contributed by atoms with E-state index in [0.29, 0.717) is 29.3 Å². The maximum Gasteiger partial charge on any atom is 0.151 e. The molecule has 3 rings (SSSR count). The summed E-state index contributed by atoms with van der Waals surface area (Å²) in [6, 6.07) is 13.9. The van der Waals surface area contributed by atoms with Crippen molar-refractivity contribution < 1.29 is 23.1 Å². The van der Waals surface area contributed by atoms with Gasteiger partial charge in [-0.15, -0.1) is 0 Å². The number of carbonyl (C=O) groups is 1. The number of benzene rings is 2. The number of hydrogen-bond donors (Lipinski definition) is 1. The lowest BCUT2D eigenvalue weighted by Crippen LogP contribution is -2.42. The van der Waals surface area contributed by atoms with Crippen molar-refractivity contribution in [2.45, 2.75) is 25.1 Å². The maximum atomic E-state index is 11.9. The van der Waals surface area contributed by atoms with Crippen molar-refractivity contribution in [2.75, 3.05) is 24.7 Å². The highest BCUT2D eigenvalue weighted by Gasteiger charge is 2.33. The number of halogens is 1. The summed E-state index contributed by atoms with van der Waals surface area (Å²) < 4.78 is 29.5. The molecule has 0 spiro atoms. The third-order valence-electron chi connectivity index (χ3n) is 4.96. The first-order valence-corrected chi connectivity index (χ1v) is 11.6. The standard InChI is InChI=1S/C21H24ClNO5S/c22-21-4-2-1-3-17(21)11-23(18-9-10-29(26,27)15-18)12-19(25)14-28-20-7-5-16(13-24)6-8-20/h1-8,13,18-19,25H,9-12,14-15H2. The molecular weight excluding hydrogens is 414 g/mol. The van der Waals surface area contributed by atoms with E-state index in [4.69, 9.17) is 16.3 Å². The van der Waals surface area contributed by atoms with Crippen LogP contribution in [0.5, 0.6) is 5.75 Å².